The fourth-order valence-electron chi connectivity index (χ4n) is 2.12. The van der Waals surface area contributed by atoms with E-state index in [4.69, 9.17) is 21.1 Å². The molecule has 0 aliphatic rings. The van der Waals surface area contributed by atoms with Crippen molar-refractivity contribution in [3.05, 3.63) is 52.6 Å². The van der Waals surface area contributed by atoms with Gasteiger partial charge >= 0.3 is 0 Å². The number of hydrogen-bond acceptors (Lipinski definition) is 3. The zero-order valence-electron chi connectivity index (χ0n) is 13.2. The maximum absolute atomic E-state index is 13.2. The number of amides is 1. The minimum Gasteiger partial charge on any atom is -0.495 e. The lowest BCUT2D eigenvalue weighted by atomic mass is 10.1. The number of rotatable bonds is 6. The van der Waals surface area contributed by atoms with E-state index in [1.54, 1.807) is 6.07 Å². The first kappa shape index (κ1) is 18.0. The lowest BCUT2D eigenvalue weighted by molar-refractivity contribution is -0.116. The molecule has 4 nitrogen and oxygen atoms in total. The number of carbonyl (C=O) groups excluding carboxylic acids is 1. The van der Waals surface area contributed by atoms with E-state index in [0.717, 1.165) is 12.1 Å². The number of halogens is 3. The van der Waals surface area contributed by atoms with Crippen LogP contribution in [-0.2, 0) is 11.2 Å². The fraction of sp³-hybridized carbons (Fsp3) is 0.235. The van der Waals surface area contributed by atoms with E-state index in [9.17, 15) is 13.6 Å². The molecule has 2 rings (SSSR count). The summed E-state index contributed by atoms with van der Waals surface area (Å²) in [5.74, 6) is -1.36. The minimum absolute atomic E-state index is 0.0964. The molecule has 0 atom stereocenters. The monoisotopic (exact) mass is 355 g/mol. The van der Waals surface area contributed by atoms with Crippen LogP contribution < -0.4 is 14.8 Å². The summed E-state index contributed by atoms with van der Waals surface area (Å²) < 4.78 is 36.3. The van der Waals surface area contributed by atoms with Crippen molar-refractivity contribution in [3.8, 4) is 11.5 Å². The summed E-state index contributed by atoms with van der Waals surface area (Å²) in [5.41, 5.74) is 0.943. The van der Waals surface area contributed by atoms with E-state index in [2.05, 4.69) is 5.32 Å². The lowest BCUT2D eigenvalue weighted by Gasteiger charge is -2.13. The van der Waals surface area contributed by atoms with Gasteiger partial charge in [0.2, 0.25) is 5.91 Å². The van der Waals surface area contributed by atoms with Gasteiger partial charge in [0.1, 0.15) is 11.5 Å². The van der Waals surface area contributed by atoms with E-state index in [1.165, 1.54) is 26.4 Å². The fourth-order valence-corrected chi connectivity index (χ4v) is 2.35. The van der Waals surface area contributed by atoms with Crippen LogP contribution in [0.3, 0.4) is 0 Å². The van der Waals surface area contributed by atoms with Gasteiger partial charge < -0.3 is 14.8 Å². The normalized spacial score (nSPS) is 10.4. The number of nitrogens with one attached hydrogen (secondary N) is 1. The molecule has 0 aromatic heterocycles. The standard InChI is InChI=1S/C17H16ClF2NO3/c1-23-15-9-14(16(24-2)8-11(15)18)21-17(22)6-4-10-3-5-12(19)13(20)7-10/h3,5,7-9H,4,6H2,1-2H3,(H,21,22). The molecule has 0 aliphatic heterocycles. The second-order valence-electron chi connectivity index (χ2n) is 4.98. The van der Waals surface area contributed by atoms with Gasteiger partial charge in [-0.25, -0.2) is 8.78 Å². The Morgan fingerprint density at radius 1 is 1.08 bits per heavy atom. The molecule has 2 aromatic carbocycles. The quantitative estimate of drug-likeness (QED) is 0.844. The molecular formula is C17H16ClF2NO3. The second-order valence-corrected chi connectivity index (χ2v) is 5.39. The SMILES string of the molecule is COc1cc(NC(=O)CCc2ccc(F)c(F)c2)c(OC)cc1Cl. The van der Waals surface area contributed by atoms with E-state index in [1.807, 2.05) is 0 Å². The van der Waals surface area contributed by atoms with E-state index >= 15 is 0 Å². The first-order valence-corrected chi connectivity index (χ1v) is 7.47. The molecule has 0 saturated carbocycles. The molecule has 1 N–H and O–H groups in total. The van der Waals surface area contributed by atoms with Crippen LogP contribution in [0.15, 0.2) is 30.3 Å². The molecule has 128 valence electrons. The van der Waals surface area contributed by atoms with Crippen molar-refractivity contribution < 1.29 is 23.0 Å². The zero-order chi connectivity index (χ0) is 17.7. The first-order chi connectivity index (χ1) is 11.4. The van der Waals surface area contributed by atoms with E-state index < -0.39 is 11.6 Å². The number of ether oxygens (including phenoxy) is 2. The third-order valence-electron chi connectivity index (χ3n) is 3.37. The van der Waals surface area contributed by atoms with Gasteiger partial charge in [-0.05, 0) is 24.1 Å². The van der Waals surface area contributed by atoms with Crippen LogP contribution in [0.25, 0.3) is 0 Å². The summed E-state index contributed by atoms with van der Waals surface area (Å²) in [7, 11) is 2.91. The maximum atomic E-state index is 13.2. The molecule has 0 radical (unpaired) electrons. The summed E-state index contributed by atoms with van der Waals surface area (Å²) in [6.07, 6.45) is 0.370. The molecule has 0 unspecified atom stereocenters. The number of aryl methyl sites for hydroxylation is 1. The number of hydrogen-bond donors (Lipinski definition) is 1. The van der Waals surface area contributed by atoms with Crippen molar-refractivity contribution in [2.24, 2.45) is 0 Å². The molecule has 0 bridgehead atoms. The van der Waals surface area contributed by atoms with Crippen LogP contribution in [-0.4, -0.2) is 20.1 Å². The Morgan fingerprint density at radius 3 is 2.42 bits per heavy atom. The number of carbonyl (C=O) groups is 1. The molecule has 7 heteroatoms. The number of benzene rings is 2. The Balaban J connectivity index is 2.05. The van der Waals surface area contributed by atoms with Crippen LogP contribution in [0.5, 0.6) is 11.5 Å². The van der Waals surface area contributed by atoms with Crippen molar-refractivity contribution in [2.75, 3.05) is 19.5 Å². The Morgan fingerprint density at radius 2 is 1.79 bits per heavy atom. The molecule has 24 heavy (non-hydrogen) atoms. The summed E-state index contributed by atoms with van der Waals surface area (Å²) in [6.45, 7) is 0. The topological polar surface area (TPSA) is 47.6 Å². The summed E-state index contributed by atoms with van der Waals surface area (Å²) in [5, 5.41) is 3.04. The molecule has 0 heterocycles. The minimum atomic E-state index is -0.933. The highest BCUT2D eigenvalue weighted by Gasteiger charge is 2.13. The van der Waals surface area contributed by atoms with Crippen LogP contribution in [0.1, 0.15) is 12.0 Å². The third kappa shape index (κ3) is 4.35. The van der Waals surface area contributed by atoms with Crippen LogP contribution in [0.4, 0.5) is 14.5 Å². The molecule has 0 aliphatic carbocycles. The van der Waals surface area contributed by atoms with Crippen LogP contribution in [0.2, 0.25) is 5.02 Å². The summed E-state index contributed by atoms with van der Waals surface area (Å²) in [6, 6.07) is 6.64. The van der Waals surface area contributed by atoms with Crippen molar-refractivity contribution in [1.82, 2.24) is 0 Å². The van der Waals surface area contributed by atoms with Gasteiger partial charge in [-0.3, -0.25) is 4.79 Å². The van der Waals surface area contributed by atoms with Gasteiger partial charge in [0.25, 0.3) is 0 Å². The first-order valence-electron chi connectivity index (χ1n) is 7.10. The third-order valence-corrected chi connectivity index (χ3v) is 3.67. The Bertz CT molecular complexity index is 753. The Hall–Kier alpha value is -2.34. The molecule has 0 spiro atoms. The number of anilines is 1. The van der Waals surface area contributed by atoms with Gasteiger partial charge in [0.05, 0.1) is 24.9 Å². The zero-order valence-corrected chi connectivity index (χ0v) is 13.9. The average Bonchev–Trinajstić information content (AvgIpc) is 2.57. The summed E-state index contributed by atoms with van der Waals surface area (Å²) in [4.78, 5) is 12.1. The lowest BCUT2D eigenvalue weighted by Crippen LogP contribution is -2.13. The van der Waals surface area contributed by atoms with Gasteiger partial charge in [0, 0.05) is 18.6 Å². The van der Waals surface area contributed by atoms with Crippen molar-refractivity contribution >= 4 is 23.2 Å². The van der Waals surface area contributed by atoms with Crippen LogP contribution >= 0.6 is 11.6 Å². The predicted octanol–water partition coefficient (Wildman–Crippen LogP) is 4.21. The highest BCUT2D eigenvalue weighted by Crippen LogP contribution is 2.35. The van der Waals surface area contributed by atoms with E-state index in [-0.39, 0.29) is 18.7 Å². The summed E-state index contributed by atoms with van der Waals surface area (Å²) >= 11 is 6.00. The molecule has 1 amide bonds. The van der Waals surface area contributed by atoms with E-state index in [0.29, 0.717) is 27.8 Å². The largest absolute Gasteiger partial charge is 0.495 e. The highest BCUT2D eigenvalue weighted by molar-refractivity contribution is 6.32. The van der Waals surface area contributed by atoms with Crippen LogP contribution in [0, 0.1) is 11.6 Å². The smallest absolute Gasteiger partial charge is 0.224 e. The predicted molar refractivity (Wildman–Crippen MR) is 87.9 cm³/mol. The molecular weight excluding hydrogens is 340 g/mol. The Labute approximate surface area is 143 Å². The number of methoxy groups -OCH3 is 2. The van der Waals surface area contributed by atoms with Gasteiger partial charge in [-0.1, -0.05) is 17.7 Å². The van der Waals surface area contributed by atoms with Crippen molar-refractivity contribution in [1.29, 1.82) is 0 Å². The highest BCUT2D eigenvalue weighted by atomic mass is 35.5. The molecule has 0 saturated heterocycles. The van der Waals surface area contributed by atoms with Gasteiger partial charge in [0.15, 0.2) is 11.6 Å². The maximum Gasteiger partial charge on any atom is 0.224 e. The average molecular weight is 356 g/mol. The molecule has 0 fully saturated rings. The Kier molecular flexibility index (Phi) is 5.98. The van der Waals surface area contributed by atoms with Crippen molar-refractivity contribution in [2.45, 2.75) is 12.8 Å². The van der Waals surface area contributed by atoms with Crippen molar-refractivity contribution in [3.63, 3.8) is 0 Å². The second kappa shape index (κ2) is 7.97. The van der Waals surface area contributed by atoms with Gasteiger partial charge in [-0.15, -0.1) is 0 Å². The molecule has 2 aromatic rings. The van der Waals surface area contributed by atoms with Gasteiger partial charge in [-0.2, -0.15) is 0 Å².